The zero-order valence-electron chi connectivity index (χ0n) is 12.0. The summed E-state index contributed by atoms with van der Waals surface area (Å²) in [5.74, 6) is 1.41. The van der Waals surface area contributed by atoms with Crippen molar-refractivity contribution in [1.82, 2.24) is 0 Å². The van der Waals surface area contributed by atoms with Crippen LogP contribution in [0.3, 0.4) is 0 Å². The molecule has 0 bridgehead atoms. The Kier molecular flexibility index (Phi) is 6.86. The van der Waals surface area contributed by atoms with E-state index in [1.54, 1.807) is 19.2 Å². The summed E-state index contributed by atoms with van der Waals surface area (Å²) in [6.07, 6.45) is 0. The van der Waals surface area contributed by atoms with E-state index in [1.807, 2.05) is 32.9 Å². The average Bonchev–Trinajstić information content (AvgIpc) is 2.40. The van der Waals surface area contributed by atoms with Gasteiger partial charge in [-0.05, 0) is 45.0 Å². The molecular weight excluding hydrogens is 264 g/mol. The van der Waals surface area contributed by atoms with E-state index in [4.69, 9.17) is 22.4 Å². The molecule has 0 aromatic heterocycles. The second kappa shape index (κ2) is 8.16. The van der Waals surface area contributed by atoms with Crippen molar-refractivity contribution in [2.45, 2.75) is 20.8 Å². The van der Waals surface area contributed by atoms with Crippen molar-refractivity contribution < 1.29 is 22.4 Å². The van der Waals surface area contributed by atoms with E-state index in [0.29, 0.717) is 25.6 Å². The molecule has 6 heteroatoms. The molecule has 0 unspecified atom stereocenters. The zero-order chi connectivity index (χ0) is 14.1. The van der Waals surface area contributed by atoms with Crippen LogP contribution in [0.1, 0.15) is 20.8 Å². The smallest absolute Gasteiger partial charge is 0.497 e. The summed E-state index contributed by atoms with van der Waals surface area (Å²) in [6.45, 7) is 7.08. The number of hydrogen-bond donors (Lipinski definition) is 0. The highest BCUT2D eigenvalue weighted by Gasteiger charge is 2.47. The highest BCUT2D eigenvalue weighted by molar-refractivity contribution is 6.54. The van der Waals surface area contributed by atoms with Crippen LogP contribution in [0.25, 0.3) is 0 Å². The number of ether oxygens (including phenoxy) is 1. The van der Waals surface area contributed by atoms with Crippen molar-refractivity contribution in [3.05, 3.63) is 24.3 Å². The van der Waals surface area contributed by atoms with Crippen molar-refractivity contribution in [1.29, 1.82) is 0 Å². The lowest BCUT2D eigenvalue weighted by atomic mass is 10.3. The molecule has 0 spiro atoms. The standard InChI is InChI=1S/C13H22O5Si/c1-5-15-19(16-6-2,17-7-3)18-13-10-8-12(14-4)9-11-13/h8-11H,5-7H2,1-4H3. The summed E-state index contributed by atoms with van der Waals surface area (Å²) in [6, 6.07) is 7.24. The van der Waals surface area contributed by atoms with Gasteiger partial charge in [0.15, 0.2) is 0 Å². The van der Waals surface area contributed by atoms with Gasteiger partial charge in [0.05, 0.1) is 7.11 Å². The Morgan fingerprint density at radius 1 is 0.789 bits per heavy atom. The van der Waals surface area contributed by atoms with Gasteiger partial charge in [-0.2, -0.15) is 0 Å². The topological polar surface area (TPSA) is 46.2 Å². The van der Waals surface area contributed by atoms with Crippen LogP contribution in [-0.4, -0.2) is 36.0 Å². The monoisotopic (exact) mass is 286 g/mol. The number of benzene rings is 1. The molecule has 0 saturated carbocycles. The summed E-state index contributed by atoms with van der Waals surface area (Å²) in [4.78, 5) is 0. The molecule has 0 aliphatic heterocycles. The largest absolute Gasteiger partial charge is 0.749 e. The van der Waals surface area contributed by atoms with Gasteiger partial charge in [0.1, 0.15) is 11.5 Å². The summed E-state index contributed by atoms with van der Waals surface area (Å²) < 4.78 is 27.8. The normalized spacial score (nSPS) is 11.4. The maximum Gasteiger partial charge on any atom is 0.749 e. The van der Waals surface area contributed by atoms with Gasteiger partial charge in [0.25, 0.3) is 0 Å². The number of hydrogen-bond acceptors (Lipinski definition) is 5. The molecule has 108 valence electrons. The molecule has 0 amide bonds. The second-order valence-corrected chi connectivity index (χ2v) is 5.65. The Morgan fingerprint density at radius 3 is 1.58 bits per heavy atom. The van der Waals surface area contributed by atoms with Gasteiger partial charge < -0.3 is 22.4 Å². The highest BCUT2D eigenvalue weighted by atomic mass is 28.4. The van der Waals surface area contributed by atoms with E-state index in [2.05, 4.69) is 0 Å². The minimum absolute atomic E-state index is 0.475. The minimum Gasteiger partial charge on any atom is -0.497 e. The quantitative estimate of drug-likeness (QED) is 0.653. The third-order valence-corrected chi connectivity index (χ3v) is 4.68. The van der Waals surface area contributed by atoms with Gasteiger partial charge in [-0.15, -0.1) is 0 Å². The zero-order valence-corrected chi connectivity index (χ0v) is 13.0. The van der Waals surface area contributed by atoms with E-state index in [-0.39, 0.29) is 0 Å². The molecule has 0 heterocycles. The Balaban J connectivity index is 2.84. The van der Waals surface area contributed by atoms with Gasteiger partial charge in [-0.25, -0.2) is 0 Å². The van der Waals surface area contributed by atoms with Gasteiger partial charge in [-0.3, -0.25) is 0 Å². The lowest BCUT2D eigenvalue weighted by Crippen LogP contribution is -2.52. The molecule has 0 fully saturated rings. The van der Waals surface area contributed by atoms with E-state index < -0.39 is 9.05 Å². The van der Waals surface area contributed by atoms with Gasteiger partial charge in [0, 0.05) is 19.8 Å². The van der Waals surface area contributed by atoms with E-state index >= 15 is 0 Å². The predicted molar refractivity (Wildman–Crippen MR) is 74.3 cm³/mol. The van der Waals surface area contributed by atoms with Crippen molar-refractivity contribution in [3.63, 3.8) is 0 Å². The van der Waals surface area contributed by atoms with Crippen LogP contribution in [0, 0.1) is 0 Å². The first-order chi connectivity index (χ1) is 9.19. The van der Waals surface area contributed by atoms with Crippen LogP contribution in [-0.2, 0) is 13.3 Å². The Morgan fingerprint density at radius 2 is 1.21 bits per heavy atom. The van der Waals surface area contributed by atoms with E-state index in [9.17, 15) is 0 Å². The molecule has 0 N–H and O–H groups in total. The average molecular weight is 286 g/mol. The third-order valence-electron chi connectivity index (χ3n) is 2.27. The molecule has 1 aromatic carbocycles. The minimum atomic E-state index is -3.10. The Hall–Kier alpha value is -1.08. The first-order valence-electron chi connectivity index (χ1n) is 6.44. The van der Waals surface area contributed by atoms with Crippen molar-refractivity contribution in [3.8, 4) is 11.5 Å². The van der Waals surface area contributed by atoms with Gasteiger partial charge >= 0.3 is 9.05 Å². The molecule has 0 aliphatic carbocycles. The molecule has 5 nitrogen and oxygen atoms in total. The molecule has 0 radical (unpaired) electrons. The van der Waals surface area contributed by atoms with Gasteiger partial charge in [-0.1, -0.05) is 0 Å². The van der Waals surface area contributed by atoms with Crippen molar-refractivity contribution in [2.24, 2.45) is 0 Å². The van der Waals surface area contributed by atoms with Gasteiger partial charge in [0.2, 0.25) is 0 Å². The molecule has 1 rings (SSSR count). The summed E-state index contributed by atoms with van der Waals surface area (Å²) in [7, 11) is -1.48. The Labute approximate surface area is 115 Å². The fourth-order valence-electron chi connectivity index (χ4n) is 1.53. The van der Waals surface area contributed by atoms with Crippen LogP contribution in [0.2, 0.25) is 0 Å². The highest BCUT2D eigenvalue weighted by Crippen LogP contribution is 2.22. The maximum absolute atomic E-state index is 5.84. The molecule has 0 atom stereocenters. The van der Waals surface area contributed by atoms with Crippen LogP contribution in [0.4, 0.5) is 0 Å². The SMILES string of the molecule is CCO[Si](OCC)(OCC)Oc1ccc(OC)cc1. The van der Waals surface area contributed by atoms with Crippen molar-refractivity contribution in [2.75, 3.05) is 26.9 Å². The number of methoxy groups -OCH3 is 1. The molecular formula is C13H22O5Si. The second-order valence-electron chi connectivity index (χ2n) is 3.58. The van der Waals surface area contributed by atoms with Crippen molar-refractivity contribution >= 4 is 9.05 Å². The first kappa shape index (κ1) is 16.0. The molecule has 19 heavy (non-hydrogen) atoms. The molecule has 0 saturated heterocycles. The first-order valence-corrected chi connectivity index (χ1v) is 8.07. The van der Waals surface area contributed by atoms with E-state index in [0.717, 1.165) is 5.75 Å². The van der Waals surface area contributed by atoms with E-state index in [1.165, 1.54) is 0 Å². The Bertz CT molecular complexity index is 338. The summed E-state index contributed by atoms with van der Waals surface area (Å²) >= 11 is 0. The molecule has 0 aliphatic rings. The maximum atomic E-state index is 5.84. The predicted octanol–water partition coefficient (Wildman–Crippen LogP) is 2.62. The fourth-order valence-corrected chi connectivity index (χ4v) is 3.44. The lowest BCUT2D eigenvalue weighted by Gasteiger charge is -2.27. The summed E-state index contributed by atoms with van der Waals surface area (Å²) in [5.41, 5.74) is 0. The number of rotatable bonds is 9. The third kappa shape index (κ3) is 4.83. The fraction of sp³-hybridized carbons (Fsp3) is 0.538. The van der Waals surface area contributed by atoms with Crippen LogP contribution in [0.5, 0.6) is 11.5 Å². The summed E-state index contributed by atoms with van der Waals surface area (Å²) in [5, 5.41) is 0. The lowest BCUT2D eigenvalue weighted by molar-refractivity contribution is 0.00968. The van der Waals surface area contributed by atoms with Crippen LogP contribution >= 0.6 is 0 Å². The van der Waals surface area contributed by atoms with Crippen LogP contribution < -0.4 is 9.16 Å². The van der Waals surface area contributed by atoms with Crippen LogP contribution in [0.15, 0.2) is 24.3 Å². The molecule has 1 aromatic rings.